The molecule has 3 aromatic rings. The number of hydrogen-bond donors (Lipinski definition) is 1. The van der Waals surface area contributed by atoms with Crippen LogP contribution in [0.3, 0.4) is 0 Å². The van der Waals surface area contributed by atoms with Gasteiger partial charge in [-0.2, -0.15) is 9.97 Å². The minimum atomic E-state index is -0.270. The number of thioether (sulfide) groups is 1. The second-order valence-corrected chi connectivity index (χ2v) is 5.57. The maximum Gasteiger partial charge on any atom is 0.328 e. The zero-order valence-electron chi connectivity index (χ0n) is 12.2. The Labute approximate surface area is 129 Å². The van der Waals surface area contributed by atoms with Crippen molar-refractivity contribution in [2.75, 3.05) is 11.1 Å². The van der Waals surface area contributed by atoms with Crippen molar-refractivity contribution >= 4 is 29.5 Å². The first-order chi connectivity index (χ1) is 10.5. The summed E-state index contributed by atoms with van der Waals surface area (Å²) in [6.07, 6.45) is 0. The number of nitrogens with zero attached hydrogens (tertiary/aromatic N) is 6. The van der Waals surface area contributed by atoms with Gasteiger partial charge in [0, 0.05) is 11.4 Å². The molecule has 0 radical (unpaired) electrons. The second kappa shape index (κ2) is 5.72. The van der Waals surface area contributed by atoms with Crippen LogP contribution in [0, 0.1) is 20.8 Å². The number of nitrogens with one attached hydrogen (secondary N) is 1. The van der Waals surface area contributed by atoms with E-state index in [1.807, 2.05) is 19.9 Å². The molecular weight excluding hydrogens is 306 g/mol. The Hall–Kier alpha value is -2.49. The van der Waals surface area contributed by atoms with Crippen LogP contribution in [0.2, 0.25) is 0 Å². The summed E-state index contributed by atoms with van der Waals surface area (Å²) in [5, 5.41) is 10.9. The van der Waals surface area contributed by atoms with Gasteiger partial charge in [0.2, 0.25) is 11.1 Å². The fourth-order valence-electron chi connectivity index (χ4n) is 1.84. The van der Waals surface area contributed by atoms with E-state index in [1.165, 1.54) is 11.8 Å². The molecule has 0 aliphatic heterocycles. The fraction of sp³-hybridized carbons (Fsp3) is 0.333. The largest absolute Gasteiger partial charge is 0.328 e. The van der Waals surface area contributed by atoms with Crippen molar-refractivity contribution in [1.82, 2.24) is 29.7 Å². The third kappa shape index (κ3) is 3.06. The molecule has 0 aliphatic rings. The van der Waals surface area contributed by atoms with Crippen LogP contribution in [-0.4, -0.2) is 41.4 Å². The summed E-state index contributed by atoms with van der Waals surface area (Å²) in [4.78, 5) is 24.3. The molecule has 0 atom stereocenters. The zero-order chi connectivity index (χ0) is 15.7. The number of anilines is 1. The second-order valence-electron chi connectivity index (χ2n) is 4.63. The van der Waals surface area contributed by atoms with Crippen molar-refractivity contribution in [2.24, 2.45) is 0 Å². The highest BCUT2D eigenvalue weighted by Gasteiger charge is 2.12. The summed E-state index contributed by atoms with van der Waals surface area (Å²) in [6.45, 7) is 5.50. The lowest BCUT2D eigenvalue weighted by molar-refractivity contribution is -0.114. The highest BCUT2D eigenvalue weighted by molar-refractivity contribution is 7.99. The van der Waals surface area contributed by atoms with Gasteiger partial charge in [-0.05, 0) is 26.8 Å². The Morgan fingerprint density at radius 1 is 1.32 bits per heavy atom. The van der Waals surface area contributed by atoms with E-state index >= 15 is 0 Å². The van der Waals surface area contributed by atoms with E-state index in [0.29, 0.717) is 16.8 Å². The van der Waals surface area contributed by atoms with E-state index in [-0.39, 0.29) is 17.7 Å². The molecular formula is C12H13N7O2S. The Bertz CT molecular complexity index is 841. The van der Waals surface area contributed by atoms with Crippen molar-refractivity contribution in [1.29, 1.82) is 0 Å². The van der Waals surface area contributed by atoms with Gasteiger partial charge in [-0.1, -0.05) is 16.9 Å². The third-order valence-corrected chi connectivity index (χ3v) is 3.54. The monoisotopic (exact) mass is 319 g/mol. The Morgan fingerprint density at radius 2 is 2.14 bits per heavy atom. The molecule has 0 aromatic carbocycles. The molecule has 0 saturated carbocycles. The molecule has 0 spiro atoms. The summed E-state index contributed by atoms with van der Waals surface area (Å²) in [5.41, 5.74) is 1.81. The third-order valence-electron chi connectivity index (χ3n) is 2.71. The first-order valence-corrected chi connectivity index (χ1v) is 7.44. The standard InChI is InChI=1S/C12H13N7O2S/c1-6-4-7(2)19-10(13-6)16-12(17-19)22-5-9(20)15-11-14-8(3)18-21-11/h4H,5H2,1-3H3,(H,14,15,18,20). The summed E-state index contributed by atoms with van der Waals surface area (Å²) in [7, 11) is 0. The van der Waals surface area contributed by atoms with Crippen LogP contribution in [-0.2, 0) is 4.79 Å². The molecule has 1 N–H and O–H groups in total. The minimum Gasteiger partial charge on any atom is -0.315 e. The lowest BCUT2D eigenvalue weighted by Gasteiger charge is -1.97. The molecule has 0 aliphatic carbocycles. The van der Waals surface area contributed by atoms with Gasteiger partial charge < -0.3 is 4.52 Å². The van der Waals surface area contributed by atoms with E-state index in [4.69, 9.17) is 4.52 Å². The van der Waals surface area contributed by atoms with Crippen LogP contribution in [0.5, 0.6) is 0 Å². The van der Waals surface area contributed by atoms with Gasteiger partial charge in [-0.15, -0.1) is 5.10 Å². The number of hydrogen-bond acceptors (Lipinski definition) is 8. The molecule has 0 saturated heterocycles. The average Bonchev–Trinajstić information content (AvgIpc) is 3.03. The number of carbonyl (C=O) groups is 1. The summed E-state index contributed by atoms with van der Waals surface area (Å²) < 4.78 is 6.46. The Kier molecular flexibility index (Phi) is 3.75. The maximum absolute atomic E-state index is 11.8. The predicted octanol–water partition coefficient (Wildman–Crippen LogP) is 1.16. The molecule has 22 heavy (non-hydrogen) atoms. The predicted molar refractivity (Wildman–Crippen MR) is 78.6 cm³/mol. The smallest absolute Gasteiger partial charge is 0.315 e. The number of fused-ring (bicyclic) bond motifs is 1. The molecule has 0 fully saturated rings. The molecule has 1 amide bonds. The van der Waals surface area contributed by atoms with Gasteiger partial charge in [0.25, 0.3) is 5.78 Å². The van der Waals surface area contributed by atoms with E-state index in [2.05, 4.69) is 30.5 Å². The average molecular weight is 319 g/mol. The lowest BCUT2D eigenvalue weighted by Crippen LogP contribution is -2.14. The molecule has 0 bridgehead atoms. The van der Waals surface area contributed by atoms with Crippen molar-refractivity contribution in [2.45, 2.75) is 25.9 Å². The number of carbonyl (C=O) groups excluding carboxylic acids is 1. The summed E-state index contributed by atoms with van der Waals surface area (Å²) in [5.74, 6) is 0.847. The zero-order valence-corrected chi connectivity index (χ0v) is 13.0. The van der Waals surface area contributed by atoms with E-state index in [0.717, 1.165) is 11.4 Å². The van der Waals surface area contributed by atoms with Crippen molar-refractivity contribution in [3.8, 4) is 0 Å². The number of aryl methyl sites for hydroxylation is 3. The van der Waals surface area contributed by atoms with Crippen LogP contribution < -0.4 is 5.32 Å². The van der Waals surface area contributed by atoms with Gasteiger partial charge in [0.15, 0.2) is 5.82 Å². The fourth-order valence-corrected chi connectivity index (χ4v) is 2.46. The molecule has 10 heteroatoms. The highest BCUT2D eigenvalue weighted by atomic mass is 32.2. The van der Waals surface area contributed by atoms with Crippen LogP contribution in [0.1, 0.15) is 17.2 Å². The van der Waals surface area contributed by atoms with Gasteiger partial charge in [0.05, 0.1) is 5.75 Å². The van der Waals surface area contributed by atoms with Crippen LogP contribution in [0.15, 0.2) is 15.7 Å². The van der Waals surface area contributed by atoms with Crippen LogP contribution >= 0.6 is 11.8 Å². The molecule has 3 aromatic heterocycles. The normalized spacial score (nSPS) is 11.0. The Balaban J connectivity index is 1.66. The number of rotatable bonds is 4. The first-order valence-electron chi connectivity index (χ1n) is 6.45. The summed E-state index contributed by atoms with van der Waals surface area (Å²) in [6, 6.07) is 2.00. The van der Waals surface area contributed by atoms with Crippen LogP contribution in [0.25, 0.3) is 5.78 Å². The van der Waals surface area contributed by atoms with Crippen molar-refractivity contribution in [3.63, 3.8) is 0 Å². The van der Waals surface area contributed by atoms with Crippen molar-refractivity contribution in [3.05, 3.63) is 23.3 Å². The number of aromatic nitrogens is 6. The quantitative estimate of drug-likeness (QED) is 0.713. The first kappa shape index (κ1) is 14.4. The van der Waals surface area contributed by atoms with Crippen LogP contribution in [0.4, 0.5) is 6.01 Å². The van der Waals surface area contributed by atoms with Gasteiger partial charge in [-0.3, -0.25) is 10.1 Å². The molecule has 3 rings (SSSR count). The lowest BCUT2D eigenvalue weighted by atomic mass is 10.4. The maximum atomic E-state index is 11.8. The molecule has 0 unspecified atom stereocenters. The van der Waals surface area contributed by atoms with E-state index < -0.39 is 0 Å². The van der Waals surface area contributed by atoms with Gasteiger partial charge >= 0.3 is 6.01 Å². The molecule has 9 nitrogen and oxygen atoms in total. The summed E-state index contributed by atoms with van der Waals surface area (Å²) >= 11 is 1.21. The highest BCUT2D eigenvalue weighted by Crippen LogP contribution is 2.15. The van der Waals surface area contributed by atoms with Gasteiger partial charge in [-0.25, -0.2) is 9.50 Å². The van der Waals surface area contributed by atoms with Gasteiger partial charge in [0.1, 0.15) is 0 Å². The topological polar surface area (TPSA) is 111 Å². The minimum absolute atomic E-state index is 0.0826. The number of amides is 1. The molecule has 114 valence electrons. The van der Waals surface area contributed by atoms with E-state index in [1.54, 1.807) is 11.4 Å². The Morgan fingerprint density at radius 3 is 2.86 bits per heavy atom. The SMILES string of the molecule is Cc1cc(C)n2nc(SCC(=O)Nc3nc(C)no3)nc2n1. The van der Waals surface area contributed by atoms with E-state index in [9.17, 15) is 4.79 Å². The molecule has 3 heterocycles. The van der Waals surface area contributed by atoms with Crippen molar-refractivity contribution < 1.29 is 9.32 Å².